The molecule has 0 spiro atoms. The fourth-order valence-corrected chi connectivity index (χ4v) is 2.65. The number of anilines is 1. The van der Waals surface area contributed by atoms with E-state index < -0.39 is 5.97 Å². The van der Waals surface area contributed by atoms with Gasteiger partial charge in [0.15, 0.2) is 11.5 Å². The van der Waals surface area contributed by atoms with E-state index in [9.17, 15) is 9.59 Å². The van der Waals surface area contributed by atoms with Crippen molar-refractivity contribution in [3.63, 3.8) is 0 Å². The normalized spacial score (nSPS) is 10.1. The molecule has 144 valence electrons. The van der Waals surface area contributed by atoms with Gasteiger partial charge in [0.25, 0.3) is 0 Å². The number of methoxy groups -OCH3 is 4. The number of esters is 1. The third-order valence-electron chi connectivity index (χ3n) is 3.75. The fraction of sp³-hybridized carbons (Fsp3) is 0.263. The SMILES string of the molecule is COC(=O)c1ccc(Cl)c(NC(=O)Cc2cc(OC)c(OC)c(OC)c2)c1. The molecule has 7 nitrogen and oxygen atoms in total. The van der Waals surface area contributed by atoms with Crippen molar-refractivity contribution in [1.82, 2.24) is 0 Å². The second-order valence-electron chi connectivity index (χ2n) is 5.44. The van der Waals surface area contributed by atoms with Gasteiger partial charge in [-0.05, 0) is 35.9 Å². The van der Waals surface area contributed by atoms with E-state index in [0.29, 0.717) is 33.5 Å². The van der Waals surface area contributed by atoms with Crippen LogP contribution in [0.5, 0.6) is 17.2 Å². The monoisotopic (exact) mass is 393 g/mol. The average molecular weight is 394 g/mol. The Kier molecular flexibility index (Phi) is 6.90. The molecule has 0 unspecified atom stereocenters. The van der Waals surface area contributed by atoms with Gasteiger partial charge in [0, 0.05) is 0 Å². The number of carbonyl (C=O) groups is 2. The first kappa shape index (κ1) is 20.4. The number of hydrogen-bond donors (Lipinski definition) is 1. The van der Waals surface area contributed by atoms with Crippen LogP contribution in [0.4, 0.5) is 5.69 Å². The zero-order chi connectivity index (χ0) is 20.0. The Bertz CT molecular complexity index is 827. The smallest absolute Gasteiger partial charge is 0.337 e. The molecule has 2 aromatic rings. The van der Waals surface area contributed by atoms with Gasteiger partial charge in [-0.1, -0.05) is 11.6 Å². The van der Waals surface area contributed by atoms with Crippen LogP contribution in [0.15, 0.2) is 30.3 Å². The zero-order valence-corrected chi connectivity index (χ0v) is 16.2. The lowest BCUT2D eigenvalue weighted by Crippen LogP contribution is -2.15. The largest absolute Gasteiger partial charge is 0.493 e. The first-order chi connectivity index (χ1) is 12.9. The van der Waals surface area contributed by atoms with Gasteiger partial charge in [-0.3, -0.25) is 4.79 Å². The van der Waals surface area contributed by atoms with Crippen LogP contribution in [0.25, 0.3) is 0 Å². The Labute approximate surface area is 162 Å². The van der Waals surface area contributed by atoms with E-state index in [2.05, 4.69) is 10.1 Å². The van der Waals surface area contributed by atoms with Crippen LogP contribution in [0, 0.1) is 0 Å². The van der Waals surface area contributed by atoms with E-state index in [1.54, 1.807) is 12.1 Å². The topological polar surface area (TPSA) is 83.1 Å². The summed E-state index contributed by atoms with van der Waals surface area (Å²) in [6, 6.07) is 7.87. The Morgan fingerprint density at radius 2 is 1.59 bits per heavy atom. The standard InChI is InChI=1S/C19H20ClNO6/c1-24-15-7-11(8-16(25-2)18(15)26-3)9-17(22)21-14-10-12(19(23)27-4)5-6-13(14)20/h5-8,10H,9H2,1-4H3,(H,21,22). The minimum atomic E-state index is -0.521. The van der Waals surface area contributed by atoms with E-state index in [4.69, 9.17) is 25.8 Å². The first-order valence-corrected chi connectivity index (χ1v) is 8.27. The van der Waals surface area contributed by atoms with Crippen molar-refractivity contribution < 1.29 is 28.5 Å². The van der Waals surface area contributed by atoms with Crippen molar-refractivity contribution in [3.05, 3.63) is 46.5 Å². The van der Waals surface area contributed by atoms with Crippen molar-refractivity contribution >= 4 is 29.2 Å². The van der Waals surface area contributed by atoms with Crippen LogP contribution >= 0.6 is 11.6 Å². The van der Waals surface area contributed by atoms with Gasteiger partial charge in [0.1, 0.15) is 0 Å². The van der Waals surface area contributed by atoms with Crippen LogP contribution in [-0.2, 0) is 16.0 Å². The third-order valence-corrected chi connectivity index (χ3v) is 4.08. The van der Waals surface area contributed by atoms with E-state index in [0.717, 1.165) is 0 Å². The maximum atomic E-state index is 12.4. The summed E-state index contributed by atoms with van der Waals surface area (Å²) in [4.78, 5) is 24.1. The highest BCUT2D eigenvalue weighted by Crippen LogP contribution is 2.38. The quantitative estimate of drug-likeness (QED) is 0.726. The van der Waals surface area contributed by atoms with Crippen LogP contribution in [0.1, 0.15) is 15.9 Å². The summed E-state index contributed by atoms with van der Waals surface area (Å²) in [5.74, 6) is 0.494. The molecular weight excluding hydrogens is 374 g/mol. The molecule has 2 rings (SSSR count). The Hall–Kier alpha value is -2.93. The molecular formula is C19H20ClNO6. The number of hydrogen-bond acceptors (Lipinski definition) is 6. The molecule has 0 bridgehead atoms. The van der Waals surface area contributed by atoms with E-state index >= 15 is 0 Å². The van der Waals surface area contributed by atoms with Gasteiger partial charge in [-0.15, -0.1) is 0 Å². The maximum absolute atomic E-state index is 12.4. The second-order valence-corrected chi connectivity index (χ2v) is 5.85. The first-order valence-electron chi connectivity index (χ1n) is 7.90. The van der Waals surface area contributed by atoms with Crippen molar-refractivity contribution in [2.45, 2.75) is 6.42 Å². The number of carbonyl (C=O) groups excluding carboxylic acids is 2. The van der Waals surface area contributed by atoms with Gasteiger partial charge in [-0.2, -0.15) is 0 Å². The number of halogens is 1. The molecule has 2 aromatic carbocycles. The van der Waals surface area contributed by atoms with Crippen LogP contribution in [0.2, 0.25) is 5.02 Å². The molecule has 0 aliphatic carbocycles. The molecule has 1 N–H and O–H groups in total. The van der Waals surface area contributed by atoms with Gasteiger partial charge in [0.2, 0.25) is 11.7 Å². The summed E-state index contributed by atoms with van der Waals surface area (Å²) in [6.07, 6.45) is 0.0372. The third kappa shape index (κ3) is 4.83. The number of amides is 1. The number of benzene rings is 2. The van der Waals surface area contributed by atoms with Crippen molar-refractivity contribution in [1.29, 1.82) is 0 Å². The summed E-state index contributed by atoms with van der Waals surface area (Å²) in [5.41, 5.74) is 1.25. The van der Waals surface area contributed by atoms with Gasteiger partial charge in [-0.25, -0.2) is 4.79 Å². The van der Waals surface area contributed by atoms with E-state index in [1.165, 1.54) is 46.6 Å². The molecule has 0 atom stereocenters. The highest BCUT2D eigenvalue weighted by atomic mass is 35.5. The molecule has 0 heterocycles. The van der Waals surface area contributed by atoms with Crippen molar-refractivity contribution in [2.24, 2.45) is 0 Å². The summed E-state index contributed by atoms with van der Waals surface area (Å²) >= 11 is 6.10. The highest BCUT2D eigenvalue weighted by Gasteiger charge is 2.16. The van der Waals surface area contributed by atoms with E-state index in [1.807, 2.05) is 0 Å². The second kappa shape index (κ2) is 9.14. The average Bonchev–Trinajstić information content (AvgIpc) is 2.67. The molecule has 0 aromatic heterocycles. The molecule has 0 aliphatic rings. The number of ether oxygens (including phenoxy) is 4. The fourth-order valence-electron chi connectivity index (χ4n) is 2.48. The maximum Gasteiger partial charge on any atom is 0.337 e. The number of rotatable bonds is 7. The minimum absolute atomic E-state index is 0.0372. The summed E-state index contributed by atoms with van der Waals surface area (Å²) < 4.78 is 20.5. The molecule has 0 aliphatic heterocycles. The van der Waals surface area contributed by atoms with Crippen LogP contribution in [-0.4, -0.2) is 40.3 Å². The Morgan fingerprint density at radius 3 is 2.11 bits per heavy atom. The summed E-state index contributed by atoms with van der Waals surface area (Å²) in [5, 5.41) is 3.00. The molecule has 0 saturated carbocycles. The molecule has 27 heavy (non-hydrogen) atoms. The summed E-state index contributed by atoms with van der Waals surface area (Å²) in [6.45, 7) is 0. The van der Waals surface area contributed by atoms with Crippen LogP contribution < -0.4 is 19.5 Å². The molecule has 8 heteroatoms. The number of nitrogens with one attached hydrogen (secondary N) is 1. The molecule has 0 radical (unpaired) electrons. The van der Waals surface area contributed by atoms with Gasteiger partial charge >= 0.3 is 5.97 Å². The van der Waals surface area contributed by atoms with Crippen LogP contribution in [0.3, 0.4) is 0 Å². The lowest BCUT2D eigenvalue weighted by Gasteiger charge is -2.14. The predicted molar refractivity (Wildman–Crippen MR) is 101 cm³/mol. The zero-order valence-electron chi connectivity index (χ0n) is 15.4. The van der Waals surface area contributed by atoms with E-state index in [-0.39, 0.29) is 17.9 Å². The molecule has 1 amide bonds. The summed E-state index contributed by atoms with van der Waals surface area (Å²) in [7, 11) is 5.78. The molecule has 0 fully saturated rings. The van der Waals surface area contributed by atoms with Gasteiger partial charge in [0.05, 0.1) is 51.1 Å². The Morgan fingerprint density at radius 1 is 0.963 bits per heavy atom. The van der Waals surface area contributed by atoms with Crippen molar-refractivity contribution in [3.8, 4) is 17.2 Å². The Balaban J connectivity index is 2.22. The van der Waals surface area contributed by atoms with Crippen molar-refractivity contribution in [2.75, 3.05) is 33.8 Å². The lowest BCUT2D eigenvalue weighted by atomic mass is 10.1. The van der Waals surface area contributed by atoms with Gasteiger partial charge < -0.3 is 24.3 Å². The minimum Gasteiger partial charge on any atom is -0.493 e. The lowest BCUT2D eigenvalue weighted by molar-refractivity contribution is -0.115. The molecule has 0 saturated heterocycles. The highest BCUT2D eigenvalue weighted by molar-refractivity contribution is 6.33. The predicted octanol–water partition coefficient (Wildman–Crippen LogP) is 3.33.